The molecule has 0 saturated carbocycles. The third-order valence-electron chi connectivity index (χ3n) is 5.65. The molecule has 34 heavy (non-hydrogen) atoms. The molecule has 0 aliphatic carbocycles. The van der Waals surface area contributed by atoms with E-state index in [0.29, 0.717) is 37.1 Å². The van der Waals surface area contributed by atoms with Gasteiger partial charge in [0.15, 0.2) is 0 Å². The zero-order chi connectivity index (χ0) is 24.3. The topological polar surface area (TPSA) is 115 Å². The van der Waals surface area contributed by atoms with Crippen LogP contribution in [-0.2, 0) is 30.7 Å². The van der Waals surface area contributed by atoms with Crippen LogP contribution in [0.1, 0.15) is 41.0 Å². The summed E-state index contributed by atoms with van der Waals surface area (Å²) in [5.74, 6) is 0.0000618. The van der Waals surface area contributed by atoms with Crippen molar-refractivity contribution >= 4 is 5.91 Å². The van der Waals surface area contributed by atoms with Crippen molar-refractivity contribution in [3.63, 3.8) is 0 Å². The molecular weight excluding hydrogens is 430 g/mol. The first-order valence-electron chi connectivity index (χ1n) is 11.5. The molecule has 0 aliphatic heterocycles. The summed E-state index contributed by atoms with van der Waals surface area (Å²) in [5.41, 5.74) is 4.05. The Morgan fingerprint density at radius 3 is 2.65 bits per heavy atom. The van der Waals surface area contributed by atoms with E-state index in [0.717, 1.165) is 23.2 Å². The van der Waals surface area contributed by atoms with Gasteiger partial charge in [0.1, 0.15) is 5.75 Å². The summed E-state index contributed by atoms with van der Waals surface area (Å²) >= 11 is 0. The van der Waals surface area contributed by atoms with E-state index >= 15 is 0 Å². The molecule has 7 heteroatoms. The summed E-state index contributed by atoms with van der Waals surface area (Å²) < 4.78 is 0. The molecule has 5 N–H and O–H groups in total. The smallest absolute Gasteiger partial charge is 0.224 e. The van der Waals surface area contributed by atoms with E-state index in [9.17, 15) is 20.1 Å². The summed E-state index contributed by atoms with van der Waals surface area (Å²) in [6.45, 7) is 2.66. The van der Waals surface area contributed by atoms with Crippen molar-refractivity contribution in [1.82, 2.24) is 15.6 Å². The minimum Gasteiger partial charge on any atom is -0.508 e. The van der Waals surface area contributed by atoms with Crippen LogP contribution in [0.5, 0.6) is 5.75 Å². The number of nitrogens with zero attached hydrogens (tertiary/aromatic N) is 1. The van der Waals surface area contributed by atoms with Crippen molar-refractivity contribution < 1.29 is 20.1 Å². The Bertz CT molecular complexity index is 1060. The highest BCUT2D eigenvalue weighted by molar-refractivity contribution is 5.78. The number of phenols is 1. The van der Waals surface area contributed by atoms with E-state index in [1.54, 1.807) is 18.3 Å². The number of amides is 1. The second kappa shape index (κ2) is 12.8. The molecule has 1 aromatic heterocycles. The van der Waals surface area contributed by atoms with Crippen molar-refractivity contribution in [1.29, 1.82) is 0 Å². The fourth-order valence-corrected chi connectivity index (χ4v) is 3.79. The van der Waals surface area contributed by atoms with Crippen LogP contribution in [0.25, 0.3) is 0 Å². The monoisotopic (exact) mass is 463 g/mol. The highest BCUT2D eigenvalue weighted by Gasteiger charge is 2.13. The molecule has 1 amide bonds. The second-order valence-corrected chi connectivity index (χ2v) is 8.49. The number of benzene rings is 2. The van der Waals surface area contributed by atoms with Gasteiger partial charge in [-0.15, -0.1) is 0 Å². The highest BCUT2D eigenvalue weighted by Crippen LogP contribution is 2.22. The average molecular weight is 464 g/mol. The third-order valence-corrected chi connectivity index (χ3v) is 5.65. The molecule has 0 spiro atoms. The molecule has 3 rings (SSSR count). The SMILES string of the molecule is CC(Cc1cccc(CC(=O)NCCc2ccccn2)c1)NC[C@H](O)c1ccc(O)c(CO)c1. The number of pyridine rings is 1. The largest absolute Gasteiger partial charge is 0.508 e. The van der Waals surface area contributed by atoms with Gasteiger partial charge < -0.3 is 26.0 Å². The van der Waals surface area contributed by atoms with E-state index in [-0.39, 0.29) is 24.3 Å². The minimum atomic E-state index is -0.755. The Morgan fingerprint density at radius 1 is 1.06 bits per heavy atom. The van der Waals surface area contributed by atoms with Crippen LogP contribution < -0.4 is 10.6 Å². The lowest BCUT2D eigenvalue weighted by atomic mass is 10.0. The van der Waals surface area contributed by atoms with E-state index in [1.165, 1.54) is 6.07 Å². The number of carbonyl (C=O) groups excluding carboxylic acids is 1. The molecule has 2 atom stereocenters. The lowest BCUT2D eigenvalue weighted by molar-refractivity contribution is -0.120. The van der Waals surface area contributed by atoms with Crippen LogP contribution in [0.3, 0.4) is 0 Å². The highest BCUT2D eigenvalue weighted by atomic mass is 16.3. The van der Waals surface area contributed by atoms with Gasteiger partial charge in [-0.05, 0) is 54.3 Å². The van der Waals surface area contributed by atoms with E-state index in [2.05, 4.69) is 15.6 Å². The van der Waals surface area contributed by atoms with Gasteiger partial charge in [-0.3, -0.25) is 9.78 Å². The van der Waals surface area contributed by atoms with Crippen LogP contribution in [0.4, 0.5) is 0 Å². The first-order chi connectivity index (χ1) is 16.4. The molecular formula is C27H33N3O4. The van der Waals surface area contributed by atoms with Gasteiger partial charge in [-0.2, -0.15) is 0 Å². The van der Waals surface area contributed by atoms with Crippen LogP contribution in [0, 0.1) is 0 Å². The first-order valence-corrected chi connectivity index (χ1v) is 11.5. The van der Waals surface area contributed by atoms with E-state index < -0.39 is 6.10 Å². The minimum absolute atomic E-state index is 0.0153. The van der Waals surface area contributed by atoms with Gasteiger partial charge in [0.05, 0.1) is 19.1 Å². The zero-order valence-corrected chi connectivity index (χ0v) is 19.4. The maximum Gasteiger partial charge on any atom is 0.224 e. The Balaban J connectivity index is 1.44. The molecule has 2 aromatic carbocycles. The third kappa shape index (κ3) is 7.95. The van der Waals surface area contributed by atoms with Crippen LogP contribution in [-0.4, -0.2) is 45.3 Å². The number of hydrogen-bond donors (Lipinski definition) is 5. The summed E-state index contributed by atoms with van der Waals surface area (Å²) in [4.78, 5) is 16.6. The Morgan fingerprint density at radius 2 is 1.88 bits per heavy atom. The molecule has 1 unspecified atom stereocenters. The molecule has 0 saturated heterocycles. The lowest BCUT2D eigenvalue weighted by Gasteiger charge is -2.18. The summed E-state index contributed by atoms with van der Waals surface area (Å²) in [5, 5.41) is 35.7. The standard InChI is InChI=1S/C27H33N3O4/c1-19(30-17-26(33)22-8-9-25(32)23(16-22)18-31)13-20-5-4-6-21(14-20)15-27(34)29-12-10-24-7-2-3-11-28-24/h2-9,11,14,16,19,26,30-33H,10,12-13,15,17-18H2,1H3,(H,29,34)/t19?,26-/m0/s1. The van der Waals surface area contributed by atoms with Crippen LogP contribution in [0.15, 0.2) is 66.9 Å². The number of aliphatic hydroxyl groups excluding tert-OH is 2. The number of nitrogens with one attached hydrogen (secondary N) is 2. The summed E-state index contributed by atoms with van der Waals surface area (Å²) in [7, 11) is 0. The Kier molecular flexibility index (Phi) is 9.58. The van der Waals surface area contributed by atoms with Gasteiger partial charge in [0.2, 0.25) is 5.91 Å². The number of hydrogen-bond acceptors (Lipinski definition) is 6. The fourth-order valence-electron chi connectivity index (χ4n) is 3.79. The van der Waals surface area contributed by atoms with Gasteiger partial charge in [-0.25, -0.2) is 0 Å². The molecule has 0 radical (unpaired) electrons. The first kappa shape index (κ1) is 25.4. The molecule has 0 fully saturated rings. The number of aromatic nitrogens is 1. The number of aliphatic hydroxyl groups is 2. The molecule has 1 heterocycles. The quantitative estimate of drug-likeness (QED) is 0.282. The molecule has 0 bridgehead atoms. The summed E-state index contributed by atoms with van der Waals surface area (Å²) in [6.07, 6.45) is 2.77. The molecule has 3 aromatic rings. The molecule has 0 aliphatic rings. The van der Waals surface area contributed by atoms with Crippen molar-refractivity contribution in [2.75, 3.05) is 13.1 Å². The van der Waals surface area contributed by atoms with Crippen molar-refractivity contribution in [2.24, 2.45) is 0 Å². The maximum atomic E-state index is 12.3. The number of rotatable bonds is 12. The maximum absolute atomic E-state index is 12.3. The Hall–Kier alpha value is -3.26. The zero-order valence-electron chi connectivity index (χ0n) is 19.4. The fraction of sp³-hybridized carbons (Fsp3) is 0.333. The predicted molar refractivity (Wildman–Crippen MR) is 131 cm³/mol. The normalized spacial score (nSPS) is 12.8. The lowest BCUT2D eigenvalue weighted by Crippen LogP contribution is -2.32. The van der Waals surface area contributed by atoms with E-state index in [4.69, 9.17) is 0 Å². The Labute approximate surface area is 200 Å². The van der Waals surface area contributed by atoms with E-state index in [1.807, 2.05) is 49.4 Å². The van der Waals surface area contributed by atoms with Crippen molar-refractivity contribution in [2.45, 2.75) is 44.9 Å². The second-order valence-electron chi connectivity index (χ2n) is 8.49. The number of carbonyl (C=O) groups is 1. The summed E-state index contributed by atoms with van der Waals surface area (Å²) in [6, 6.07) is 18.6. The molecule has 7 nitrogen and oxygen atoms in total. The molecule has 180 valence electrons. The van der Waals surface area contributed by atoms with Crippen molar-refractivity contribution in [3.8, 4) is 5.75 Å². The average Bonchev–Trinajstić information content (AvgIpc) is 2.83. The number of aromatic hydroxyl groups is 1. The van der Waals surface area contributed by atoms with Gasteiger partial charge in [-0.1, -0.05) is 36.4 Å². The van der Waals surface area contributed by atoms with Crippen molar-refractivity contribution in [3.05, 3.63) is 94.8 Å². The van der Waals surface area contributed by atoms with Gasteiger partial charge in [0, 0.05) is 43.0 Å². The van der Waals surface area contributed by atoms with Crippen LogP contribution >= 0.6 is 0 Å². The van der Waals surface area contributed by atoms with Crippen LogP contribution in [0.2, 0.25) is 0 Å². The van der Waals surface area contributed by atoms with Gasteiger partial charge in [0.25, 0.3) is 0 Å². The van der Waals surface area contributed by atoms with Gasteiger partial charge >= 0.3 is 0 Å². The predicted octanol–water partition coefficient (Wildman–Crippen LogP) is 2.44.